The number of amides is 1. The number of carbonyl (C=O) groups is 1. The fourth-order valence-electron chi connectivity index (χ4n) is 2.30. The van der Waals surface area contributed by atoms with Gasteiger partial charge in [-0.25, -0.2) is 0 Å². The first kappa shape index (κ1) is 10.8. The normalized spacial score (nSPS) is 18.8. The van der Waals surface area contributed by atoms with E-state index in [1.54, 1.807) is 0 Å². The smallest absolute Gasteiger partial charge is 0.241 e. The Kier molecular flexibility index (Phi) is 2.73. The molecule has 1 fully saturated rings. The number of hydrazine groups is 1. The SMILES string of the molecule is O=C1CC(c2ccccc2)N(c2ccccc2)N1. The maximum atomic E-state index is 11.7. The van der Waals surface area contributed by atoms with Gasteiger partial charge < -0.3 is 0 Å². The minimum absolute atomic E-state index is 0.0627. The first-order valence-electron chi connectivity index (χ1n) is 6.03. The summed E-state index contributed by atoms with van der Waals surface area (Å²) in [4.78, 5) is 11.7. The number of rotatable bonds is 2. The molecule has 2 aromatic rings. The van der Waals surface area contributed by atoms with Gasteiger partial charge in [-0.3, -0.25) is 15.2 Å². The Balaban J connectivity index is 1.96. The Morgan fingerprint density at radius 1 is 0.944 bits per heavy atom. The predicted octanol–water partition coefficient (Wildman–Crippen LogP) is 2.67. The molecule has 1 atom stereocenters. The van der Waals surface area contributed by atoms with E-state index >= 15 is 0 Å². The van der Waals surface area contributed by atoms with Gasteiger partial charge >= 0.3 is 0 Å². The Labute approximate surface area is 106 Å². The van der Waals surface area contributed by atoms with E-state index in [0.29, 0.717) is 6.42 Å². The predicted molar refractivity (Wildman–Crippen MR) is 70.9 cm³/mol. The lowest BCUT2D eigenvalue weighted by Gasteiger charge is -2.25. The summed E-state index contributed by atoms with van der Waals surface area (Å²) in [5.41, 5.74) is 5.08. The summed E-state index contributed by atoms with van der Waals surface area (Å²) in [7, 11) is 0. The van der Waals surface area contributed by atoms with E-state index in [0.717, 1.165) is 11.3 Å². The summed E-state index contributed by atoms with van der Waals surface area (Å²) in [5.74, 6) is 0.0627. The molecular formula is C15H14N2O. The number of nitrogens with one attached hydrogen (secondary N) is 1. The van der Waals surface area contributed by atoms with Gasteiger partial charge in [0.1, 0.15) is 0 Å². The van der Waals surface area contributed by atoms with Crippen molar-refractivity contribution in [1.29, 1.82) is 0 Å². The molecule has 0 spiro atoms. The molecule has 0 radical (unpaired) electrons. The first-order valence-corrected chi connectivity index (χ1v) is 6.03. The number of benzene rings is 2. The molecule has 2 aromatic carbocycles. The first-order chi connectivity index (χ1) is 8.84. The number of hydrogen-bond acceptors (Lipinski definition) is 2. The highest BCUT2D eigenvalue weighted by molar-refractivity contribution is 5.83. The largest absolute Gasteiger partial charge is 0.278 e. The third-order valence-electron chi connectivity index (χ3n) is 3.15. The summed E-state index contributed by atoms with van der Waals surface area (Å²) in [6.07, 6.45) is 0.499. The monoisotopic (exact) mass is 238 g/mol. The molecule has 0 saturated carbocycles. The molecule has 18 heavy (non-hydrogen) atoms. The second-order valence-electron chi connectivity index (χ2n) is 4.37. The number of nitrogens with zero attached hydrogens (tertiary/aromatic N) is 1. The number of para-hydroxylation sites is 1. The zero-order valence-electron chi connectivity index (χ0n) is 9.91. The van der Waals surface area contributed by atoms with Crippen LogP contribution in [0.25, 0.3) is 0 Å². The van der Waals surface area contributed by atoms with E-state index in [2.05, 4.69) is 17.6 Å². The minimum atomic E-state index is 0.0627. The second kappa shape index (κ2) is 4.53. The van der Waals surface area contributed by atoms with Crippen molar-refractivity contribution in [2.24, 2.45) is 0 Å². The van der Waals surface area contributed by atoms with Crippen LogP contribution in [-0.2, 0) is 4.79 Å². The molecule has 1 saturated heterocycles. The van der Waals surface area contributed by atoms with Gasteiger partial charge in [-0.15, -0.1) is 0 Å². The van der Waals surface area contributed by atoms with Crippen molar-refractivity contribution in [3.05, 3.63) is 66.2 Å². The van der Waals surface area contributed by atoms with Crippen molar-refractivity contribution in [1.82, 2.24) is 5.43 Å². The van der Waals surface area contributed by atoms with Crippen LogP contribution in [0.3, 0.4) is 0 Å². The quantitative estimate of drug-likeness (QED) is 0.872. The summed E-state index contributed by atoms with van der Waals surface area (Å²) in [6, 6.07) is 20.1. The second-order valence-corrected chi connectivity index (χ2v) is 4.37. The highest BCUT2D eigenvalue weighted by atomic mass is 16.2. The van der Waals surface area contributed by atoms with Crippen LogP contribution in [-0.4, -0.2) is 5.91 Å². The molecule has 90 valence electrons. The van der Waals surface area contributed by atoms with Crippen molar-refractivity contribution in [2.75, 3.05) is 5.01 Å². The molecule has 3 nitrogen and oxygen atoms in total. The van der Waals surface area contributed by atoms with Crippen LogP contribution in [0.1, 0.15) is 18.0 Å². The van der Waals surface area contributed by atoms with Crippen LogP contribution < -0.4 is 10.4 Å². The molecule has 1 heterocycles. The van der Waals surface area contributed by atoms with E-state index in [-0.39, 0.29) is 11.9 Å². The van der Waals surface area contributed by atoms with E-state index in [1.807, 2.05) is 53.5 Å². The Bertz CT molecular complexity index is 489. The zero-order chi connectivity index (χ0) is 12.4. The van der Waals surface area contributed by atoms with E-state index in [4.69, 9.17) is 0 Å². The van der Waals surface area contributed by atoms with E-state index in [9.17, 15) is 4.79 Å². The summed E-state index contributed by atoms with van der Waals surface area (Å²) in [5, 5.41) is 1.94. The van der Waals surface area contributed by atoms with Crippen molar-refractivity contribution in [2.45, 2.75) is 12.5 Å². The fourth-order valence-corrected chi connectivity index (χ4v) is 2.30. The van der Waals surface area contributed by atoms with Gasteiger partial charge in [-0.2, -0.15) is 0 Å². The van der Waals surface area contributed by atoms with Crippen LogP contribution in [0, 0.1) is 0 Å². The summed E-state index contributed by atoms with van der Waals surface area (Å²) >= 11 is 0. The minimum Gasteiger partial charge on any atom is -0.278 e. The number of anilines is 1. The molecule has 1 unspecified atom stereocenters. The molecular weight excluding hydrogens is 224 g/mol. The summed E-state index contributed by atoms with van der Waals surface area (Å²) < 4.78 is 0. The average Bonchev–Trinajstić information content (AvgIpc) is 2.83. The maximum Gasteiger partial charge on any atom is 0.241 e. The van der Waals surface area contributed by atoms with E-state index < -0.39 is 0 Å². The van der Waals surface area contributed by atoms with Crippen LogP contribution in [0.4, 0.5) is 5.69 Å². The molecule has 0 aromatic heterocycles. The molecule has 1 N–H and O–H groups in total. The molecule has 1 aliphatic rings. The Morgan fingerprint density at radius 3 is 2.22 bits per heavy atom. The van der Waals surface area contributed by atoms with Crippen LogP contribution in [0.15, 0.2) is 60.7 Å². The van der Waals surface area contributed by atoms with E-state index in [1.165, 1.54) is 0 Å². The molecule has 0 bridgehead atoms. The highest BCUT2D eigenvalue weighted by Crippen LogP contribution is 2.31. The lowest BCUT2D eigenvalue weighted by atomic mass is 10.0. The van der Waals surface area contributed by atoms with Crippen molar-refractivity contribution >= 4 is 11.6 Å². The lowest BCUT2D eigenvalue weighted by molar-refractivity contribution is -0.119. The van der Waals surface area contributed by atoms with Crippen LogP contribution in [0.2, 0.25) is 0 Å². The number of hydrogen-bond donors (Lipinski definition) is 1. The fraction of sp³-hybridized carbons (Fsp3) is 0.133. The standard InChI is InChI=1S/C15H14N2O/c18-15-11-14(12-7-3-1-4-8-12)17(16-15)13-9-5-2-6-10-13/h1-10,14H,11H2,(H,16,18). The lowest BCUT2D eigenvalue weighted by Crippen LogP contribution is -2.34. The Hall–Kier alpha value is -2.29. The molecule has 3 rings (SSSR count). The molecule has 0 aliphatic carbocycles. The van der Waals surface area contributed by atoms with Crippen molar-refractivity contribution in [3.63, 3.8) is 0 Å². The Morgan fingerprint density at radius 2 is 1.56 bits per heavy atom. The zero-order valence-corrected chi connectivity index (χ0v) is 9.91. The van der Waals surface area contributed by atoms with Gasteiger partial charge in [0.05, 0.1) is 18.2 Å². The topological polar surface area (TPSA) is 32.3 Å². The third kappa shape index (κ3) is 1.95. The summed E-state index contributed by atoms with van der Waals surface area (Å²) in [6.45, 7) is 0. The van der Waals surface area contributed by atoms with Gasteiger partial charge in [0, 0.05) is 0 Å². The van der Waals surface area contributed by atoms with Crippen molar-refractivity contribution in [3.8, 4) is 0 Å². The van der Waals surface area contributed by atoms with Crippen LogP contribution in [0.5, 0.6) is 0 Å². The van der Waals surface area contributed by atoms with Crippen LogP contribution >= 0.6 is 0 Å². The van der Waals surface area contributed by atoms with Gasteiger partial charge in [0.15, 0.2) is 0 Å². The molecule has 3 heteroatoms. The molecule has 1 aliphatic heterocycles. The maximum absolute atomic E-state index is 11.7. The average molecular weight is 238 g/mol. The van der Waals surface area contributed by atoms with Gasteiger partial charge in [-0.1, -0.05) is 48.5 Å². The van der Waals surface area contributed by atoms with Gasteiger partial charge in [0.2, 0.25) is 5.91 Å². The van der Waals surface area contributed by atoms with Gasteiger partial charge in [0.25, 0.3) is 0 Å². The van der Waals surface area contributed by atoms with Crippen molar-refractivity contribution < 1.29 is 4.79 Å². The van der Waals surface area contributed by atoms with Gasteiger partial charge in [-0.05, 0) is 17.7 Å². The molecule has 1 amide bonds. The number of carbonyl (C=O) groups excluding carboxylic acids is 1. The highest BCUT2D eigenvalue weighted by Gasteiger charge is 2.31. The third-order valence-corrected chi connectivity index (χ3v) is 3.15.